The summed E-state index contributed by atoms with van der Waals surface area (Å²) in [5.41, 5.74) is 3.43. The van der Waals surface area contributed by atoms with Crippen LogP contribution in [-0.2, 0) is 11.2 Å². The van der Waals surface area contributed by atoms with E-state index in [0.717, 1.165) is 62.1 Å². The fraction of sp³-hybridized carbons (Fsp3) is 0.519. The maximum atomic E-state index is 11.9. The van der Waals surface area contributed by atoms with Crippen molar-refractivity contribution >= 4 is 11.7 Å². The summed E-state index contributed by atoms with van der Waals surface area (Å²) < 4.78 is 12.0. The van der Waals surface area contributed by atoms with E-state index in [0.29, 0.717) is 11.7 Å². The van der Waals surface area contributed by atoms with E-state index in [1.165, 1.54) is 12.5 Å². The van der Waals surface area contributed by atoms with Crippen LogP contribution in [0.2, 0.25) is 0 Å². The number of hydrogen-bond donors (Lipinski definition) is 1. The van der Waals surface area contributed by atoms with Gasteiger partial charge in [-0.1, -0.05) is 30.3 Å². The van der Waals surface area contributed by atoms with Crippen molar-refractivity contribution in [3.63, 3.8) is 0 Å². The largest absolute Gasteiger partial charge is 0.491 e. The molecule has 4 atom stereocenters. The first-order valence-corrected chi connectivity index (χ1v) is 11.9. The highest BCUT2D eigenvalue weighted by molar-refractivity contribution is 5.74. The number of aliphatic hydroxyl groups excluding tert-OH is 1. The number of fused-ring (bicyclic) bond motifs is 3. The Balaban J connectivity index is 1.52. The third kappa shape index (κ3) is 5.26. The van der Waals surface area contributed by atoms with Crippen LogP contribution in [-0.4, -0.2) is 36.9 Å². The summed E-state index contributed by atoms with van der Waals surface area (Å²) in [6.07, 6.45) is 5.34. The smallest absolute Gasteiger partial charge is 0.308 e. The number of rotatable bonds is 7. The van der Waals surface area contributed by atoms with Crippen LogP contribution in [0, 0.1) is 5.92 Å². The lowest BCUT2D eigenvalue weighted by molar-refractivity contribution is -0.131. The van der Waals surface area contributed by atoms with Gasteiger partial charge < -0.3 is 19.5 Å². The zero-order valence-corrected chi connectivity index (χ0v) is 19.4. The van der Waals surface area contributed by atoms with Gasteiger partial charge in [-0.25, -0.2) is 0 Å². The van der Waals surface area contributed by atoms with Gasteiger partial charge in [0, 0.05) is 43.9 Å². The average Bonchev–Trinajstić information content (AvgIpc) is 2.75. The van der Waals surface area contributed by atoms with Crippen molar-refractivity contribution in [1.29, 1.82) is 0 Å². The number of hydrogen-bond acceptors (Lipinski definition) is 5. The van der Waals surface area contributed by atoms with Gasteiger partial charge in [-0.2, -0.15) is 0 Å². The summed E-state index contributed by atoms with van der Waals surface area (Å²) in [4.78, 5) is 14.1. The molecule has 2 aromatic carbocycles. The summed E-state index contributed by atoms with van der Waals surface area (Å²) in [7, 11) is 2.09. The number of esters is 1. The minimum atomic E-state index is -0.332. The Bertz CT molecular complexity index is 929. The molecule has 1 saturated carbocycles. The first-order valence-electron chi connectivity index (χ1n) is 11.9. The molecule has 4 unspecified atom stereocenters. The van der Waals surface area contributed by atoms with E-state index < -0.39 is 0 Å². The van der Waals surface area contributed by atoms with Crippen molar-refractivity contribution in [2.45, 2.75) is 70.5 Å². The fourth-order valence-electron chi connectivity index (χ4n) is 5.35. The first kappa shape index (κ1) is 22.7. The molecule has 172 valence electrons. The molecule has 32 heavy (non-hydrogen) atoms. The topological polar surface area (TPSA) is 59.0 Å². The van der Waals surface area contributed by atoms with Crippen LogP contribution in [0.4, 0.5) is 5.69 Å². The van der Waals surface area contributed by atoms with E-state index in [1.807, 2.05) is 12.1 Å². The molecule has 1 aliphatic carbocycles. The molecule has 0 amide bonds. The van der Waals surface area contributed by atoms with E-state index in [-0.39, 0.29) is 24.1 Å². The number of aryl methyl sites for hydroxylation is 1. The molecule has 1 aliphatic heterocycles. The Labute approximate surface area is 191 Å². The molecule has 1 fully saturated rings. The predicted octanol–water partition coefficient (Wildman–Crippen LogP) is 5.10. The summed E-state index contributed by atoms with van der Waals surface area (Å²) in [5, 5.41) is 10.3. The van der Waals surface area contributed by atoms with Crippen molar-refractivity contribution in [2.24, 2.45) is 5.92 Å². The molecular formula is C27H35NO4. The number of carbonyl (C=O) groups is 1. The standard InChI is InChI=1S/C27H35NO4/c1-18(8-7-11-20-9-5-4-6-10-20)31-23-15-25-27(26(16-23)32-19(2)29)24-14-22(30)13-12-21(24)17-28(25)3/h4-6,9-10,15-16,18,21-22,24,30H,7-8,11-14,17H2,1-3H3. The molecule has 0 bridgehead atoms. The molecule has 1 heterocycles. The molecule has 5 heteroatoms. The second kappa shape index (κ2) is 9.95. The fourth-order valence-corrected chi connectivity index (χ4v) is 5.35. The number of carbonyl (C=O) groups excluding carboxylic acids is 1. The lowest BCUT2D eigenvalue weighted by Crippen LogP contribution is -2.40. The summed E-state index contributed by atoms with van der Waals surface area (Å²) >= 11 is 0. The number of ether oxygens (including phenoxy) is 2. The number of nitrogens with zero attached hydrogens (tertiary/aromatic N) is 1. The van der Waals surface area contributed by atoms with Crippen molar-refractivity contribution < 1.29 is 19.4 Å². The van der Waals surface area contributed by atoms with E-state index in [2.05, 4.69) is 49.2 Å². The molecule has 1 N–H and O–H groups in total. The van der Waals surface area contributed by atoms with Gasteiger partial charge in [0.2, 0.25) is 0 Å². The third-order valence-electron chi connectivity index (χ3n) is 6.86. The maximum absolute atomic E-state index is 11.9. The zero-order valence-electron chi connectivity index (χ0n) is 19.4. The van der Waals surface area contributed by atoms with E-state index in [4.69, 9.17) is 9.47 Å². The molecule has 0 radical (unpaired) electrons. The van der Waals surface area contributed by atoms with Crippen molar-refractivity contribution in [2.75, 3.05) is 18.5 Å². The number of aliphatic hydroxyl groups is 1. The Morgan fingerprint density at radius 1 is 1.22 bits per heavy atom. The van der Waals surface area contributed by atoms with Gasteiger partial charge in [0.25, 0.3) is 0 Å². The molecule has 2 aliphatic rings. The Morgan fingerprint density at radius 2 is 2.00 bits per heavy atom. The van der Waals surface area contributed by atoms with Crippen LogP contribution in [0.25, 0.3) is 0 Å². The second-order valence-corrected chi connectivity index (χ2v) is 9.47. The maximum Gasteiger partial charge on any atom is 0.308 e. The van der Waals surface area contributed by atoms with Gasteiger partial charge >= 0.3 is 5.97 Å². The van der Waals surface area contributed by atoms with Gasteiger partial charge in [-0.05, 0) is 62.8 Å². The molecule has 0 aromatic heterocycles. The summed E-state index contributed by atoms with van der Waals surface area (Å²) in [6, 6.07) is 14.4. The van der Waals surface area contributed by atoms with Crippen LogP contribution < -0.4 is 14.4 Å². The molecule has 2 aromatic rings. The predicted molar refractivity (Wildman–Crippen MR) is 127 cm³/mol. The van der Waals surface area contributed by atoms with Crippen molar-refractivity contribution in [3.05, 3.63) is 53.6 Å². The highest BCUT2D eigenvalue weighted by Crippen LogP contribution is 2.51. The number of anilines is 1. The van der Waals surface area contributed by atoms with Crippen LogP contribution in [0.3, 0.4) is 0 Å². The highest BCUT2D eigenvalue weighted by atomic mass is 16.5. The first-order chi connectivity index (χ1) is 15.4. The van der Waals surface area contributed by atoms with Crippen LogP contribution in [0.5, 0.6) is 11.5 Å². The van der Waals surface area contributed by atoms with Crippen molar-refractivity contribution in [3.8, 4) is 11.5 Å². The monoisotopic (exact) mass is 437 g/mol. The van der Waals surface area contributed by atoms with E-state index in [1.54, 1.807) is 0 Å². The minimum Gasteiger partial charge on any atom is -0.491 e. The van der Waals surface area contributed by atoms with E-state index >= 15 is 0 Å². The van der Waals surface area contributed by atoms with Crippen molar-refractivity contribution in [1.82, 2.24) is 0 Å². The third-order valence-corrected chi connectivity index (χ3v) is 6.86. The summed E-state index contributed by atoms with van der Waals surface area (Å²) in [5.74, 6) is 1.65. The van der Waals surface area contributed by atoms with Crippen LogP contribution in [0.1, 0.15) is 63.0 Å². The molecule has 4 rings (SSSR count). The Morgan fingerprint density at radius 3 is 2.75 bits per heavy atom. The van der Waals surface area contributed by atoms with Gasteiger partial charge in [0.15, 0.2) is 0 Å². The van der Waals surface area contributed by atoms with Crippen LogP contribution >= 0.6 is 0 Å². The zero-order chi connectivity index (χ0) is 22.7. The van der Waals surface area contributed by atoms with Crippen LogP contribution in [0.15, 0.2) is 42.5 Å². The Kier molecular flexibility index (Phi) is 7.04. The average molecular weight is 438 g/mol. The normalized spacial score (nSPS) is 23.1. The Hall–Kier alpha value is -2.53. The minimum absolute atomic E-state index is 0.0556. The molecule has 0 saturated heterocycles. The molecular weight excluding hydrogens is 402 g/mol. The number of benzene rings is 2. The van der Waals surface area contributed by atoms with E-state index in [9.17, 15) is 9.90 Å². The van der Waals surface area contributed by atoms with Gasteiger partial charge in [-0.15, -0.1) is 0 Å². The molecule has 5 nitrogen and oxygen atoms in total. The lowest BCUT2D eigenvalue weighted by Gasteiger charge is -2.44. The molecule has 0 spiro atoms. The highest BCUT2D eigenvalue weighted by Gasteiger charge is 2.39. The van der Waals surface area contributed by atoms with Gasteiger partial charge in [0.05, 0.1) is 12.2 Å². The summed E-state index contributed by atoms with van der Waals surface area (Å²) in [6.45, 7) is 4.47. The van der Waals surface area contributed by atoms with Gasteiger partial charge in [0.1, 0.15) is 11.5 Å². The SMILES string of the molecule is CC(=O)Oc1cc(OC(C)CCCc2ccccc2)cc2c1C1CC(O)CCC1CN2C. The quantitative estimate of drug-likeness (QED) is 0.483. The lowest BCUT2D eigenvalue weighted by atomic mass is 9.71. The second-order valence-electron chi connectivity index (χ2n) is 9.47. The van der Waals surface area contributed by atoms with Gasteiger partial charge in [-0.3, -0.25) is 4.79 Å².